The average Bonchev–Trinajstić information content (AvgIpc) is 2.54. The molecule has 128 valence electrons. The number of nitrogens with one attached hydrogen (secondary N) is 2. The molecule has 7 nitrogen and oxygen atoms in total. The molecule has 1 aromatic carbocycles. The van der Waals surface area contributed by atoms with Gasteiger partial charge in [0.2, 0.25) is 0 Å². The molecule has 2 rings (SSSR count). The van der Waals surface area contributed by atoms with Crippen molar-refractivity contribution in [3.63, 3.8) is 0 Å². The summed E-state index contributed by atoms with van der Waals surface area (Å²) in [5.41, 5.74) is -0.256. The number of H-pyrrole nitrogens is 1. The highest BCUT2D eigenvalue weighted by atomic mass is 16.5. The van der Waals surface area contributed by atoms with Crippen molar-refractivity contribution in [3.05, 3.63) is 57.8 Å². The molecular weight excluding hydrogens is 310 g/mol. The van der Waals surface area contributed by atoms with Gasteiger partial charge in [0.1, 0.15) is 17.3 Å². The Bertz CT molecular complexity index is 766. The summed E-state index contributed by atoms with van der Waals surface area (Å²) in [5, 5.41) is 11.9. The van der Waals surface area contributed by atoms with Crippen LogP contribution in [0.4, 0.5) is 0 Å². The van der Waals surface area contributed by atoms with Crippen molar-refractivity contribution in [1.29, 1.82) is 0 Å². The molecule has 0 spiro atoms. The van der Waals surface area contributed by atoms with Crippen LogP contribution in [0.15, 0.2) is 35.1 Å². The van der Waals surface area contributed by atoms with Crippen molar-refractivity contribution in [2.75, 3.05) is 13.7 Å². The Balaban J connectivity index is 2.21. The van der Waals surface area contributed by atoms with E-state index in [1.807, 2.05) is 24.3 Å². The van der Waals surface area contributed by atoms with E-state index in [1.54, 1.807) is 21.0 Å². The highest BCUT2D eigenvalue weighted by Crippen LogP contribution is 2.13. The minimum atomic E-state index is -0.794. The number of carbonyl (C=O) groups is 1. The maximum absolute atomic E-state index is 12.2. The van der Waals surface area contributed by atoms with Crippen LogP contribution < -0.4 is 15.6 Å². The Hall–Kier alpha value is -2.67. The van der Waals surface area contributed by atoms with Gasteiger partial charge in [-0.25, -0.2) is 4.98 Å². The van der Waals surface area contributed by atoms with Crippen molar-refractivity contribution in [3.8, 4) is 5.75 Å². The standard InChI is InChI=1S/C17H21N3O4/c1-17(2,10-21)20-16(23)13-9-15(22)19-14(18-13)8-11-4-6-12(24-3)7-5-11/h4-7,9,21H,8,10H2,1-3H3,(H,20,23)(H,18,19,22). The minimum absolute atomic E-state index is 0.0174. The third-order valence-electron chi connectivity index (χ3n) is 3.40. The van der Waals surface area contributed by atoms with Gasteiger partial charge in [0, 0.05) is 12.5 Å². The third-order valence-corrected chi connectivity index (χ3v) is 3.40. The second-order valence-corrected chi connectivity index (χ2v) is 6.10. The fourth-order valence-corrected chi connectivity index (χ4v) is 2.06. The van der Waals surface area contributed by atoms with Crippen LogP contribution in [0, 0.1) is 0 Å². The fraction of sp³-hybridized carbons (Fsp3) is 0.353. The number of hydrogen-bond donors (Lipinski definition) is 3. The van der Waals surface area contributed by atoms with Crippen LogP contribution in [0.5, 0.6) is 5.75 Å². The Morgan fingerprint density at radius 3 is 2.58 bits per heavy atom. The predicted molar refractivity (Wildman–Crippen MR) is 89.3 cm³/mol. The molecule has 1 aromatic heterocycles. The van der Waals surface area contributed by atoms with E-state index < -0.39 is 17.0 Å². The van der Waals surface area contributed by atoms with Crippen molar-refractivity contribution in [1.82, 2.24) is 15.3 Å². The topological polar surface area (TPSA) is 104 Å². The molecule has 0 fully saturated rings. The van der Waals surface area contributed by atoms with E-state index in [-0.39, 0.29) is 12.3 Å². The Labute approximate surface area is 139 Å². The summed E-state index contributed by atoms with van der Waals surface area (Å²) >= 11 is 0. The number of benzene rings is 1. The highest BCUT2D eigenvalue weighted by Gasteiger charge is 2.21. The summed E-state index contributed by atoms with van der Waals surface area (Å²) in [7, 11) is 1.59. The lowest BCUT2D eigenvalue weighted by atomic mass is 10.1. The molecule has 1 heterocycles. The largest absolute Gasteiger partial charge is 0.497 e. The number of rotatable bonds is 6. The first-order chi connectivity index (χ1) is 11.3. The third kappa shape index (κ3) is 4.66. The van der Waals surface area contributed by atoms with E-state index in [0.29, 0.717) is 12.2 Å². The van der Waals surface area contributed by atoms with Crippen LogP contribution in [0.1, 0.15) is 35.7 Å². The quantitative estimate of drug-likeness (QED) is 0.728. The molecule has 0 aliphatic carbocycles. The monoisotopic (exact) mass is 331 g/mol. The minimum Gasteiger partial charge on any atom is -0.497 e. The van der Waals surface area contributed by atoms with Gasteiger partial charge in [0.25, 0.3) is 11.5 Å². The molecular formula is C17H21N3O4. The van der Waals surface area contributed by atoms with E-state index in [4.69, 9.17) is 4.74 Å². The summed E-state index contributed by atoms with van der Waals surface area (Å²) in [4.78, 5) is 30.8. The van der Waals surface area contributed by atoms with Gasteiger partial charge in [0.05, 0.1) is 19.3 Å². The number of aliphatic hydroxyl groups excluding tert-OH is 1. The lowest BCUT2D eigenvalue weighted by molar-refractivity contribution is 0.0863. The van der Waals surface area contributed by atoms with E-state index in [9.17, 15) is 14.7 Å². The van der Waals surface area contributed by atoms with Gasteiger partial charge in [-0.15, -0.1) is 0 Å². The number of nitrogens with zero attached hydrogens (tertiary/aromatic N) is 1. The second-order valence-electron chi connectivity index (χ2n) is 6.10. The molecule has 24 heavy (non-hydrogen) atoms. The predicted octanol–water partition coefficient (Wildman–Crippen LogP) is 0.870. The molecule has 0 unspecified atom stereocenters. The lowest BCUT2D eigenvalue weighted by Gasteiger charge is -2.23. The van der Waals surface area contributed by atoms with Crippen LogP contribution in [-0.4, -0.2) is 40.2 Å². The van der Waals surface area contributed by atoms with E-state index in [2.05, 4.69) is 15.3 Å². The molecule has 2 aromatic rings. The summed E-state index contributed by atoms with van der Waals surface area (Å²) in [6.45, 7) is 3.13. The summed E-state index contributed by atoms with van der Waals surface area (Å²) in [5.74, 6) is 0.621. The first kappa shape index (κ1) is 17.7. The number of aromatic nitrogens is 2. The lowest BCUT2D eigenvalue weighted by Crippen LogP contribution is -2.46. The average molecular weight is 331 g/mol. The number of ether oxygens (including phenoxy) is 1. The molecule has 0 bridgehead atoms. The van der Waals surface area contributed by atoms with E-state index in [0.717, 1.165) is 17.4 Å². The zero-order chi connectivity index (χ0) is 17.7. The van der Waals surface area contributed by atoms with Crippen LogP contribution in [0.3, 0.4) is 0 Å². The number of aromatic amines is 1. The van der Waals surface area contributed by atoms with Gasteiger partial charge in [-0.05, 0) is 31.5 Å². The summed E-state index contributed by atoms with van der Waals surface area (Å²) in [6.07, 6.45) is 0.379. The van der Waals surface area contributed by atoms with Crippen molar-refractivity contribution >= 4 is 5.91 Å². The second kappa shape index (κ2) is 7.27. The molecule has 0 radical (unpaired) electrons. The number of carbonyl (C=O) groups excluding carboxylic acids is 1. The molecule has 0 atom stereocenters. The van der Waals surface area contributed by atoms with E-state index >= 15 is 0 Å². The van der Waals surface area contributed by atoms with Crippen LogP contribution in [-0.2, 0) is 6.42 Å². The first-order valence-corrected chi connectivity index (χ1v) is 7.49. The molecule has 7 heteroatoms. The van der Waals surface area contributed by atoms with Gasteiger partial charge in [-0.2, -0.15) is 0 Å². The van der Waals surface area contributed by atoms with Crippen molar-refractivity contribution in [2.45, 2.75) is 25.8 Å². The first-order valence-electron chi connectivity index (χ1n) is 7.49. The highest BCUT2D eigenvalue weighted by molar-refractivity contribution is 5.92. The normalized spacial score (nSPS) is 11.2. The van der Waals surface area contributed by atoms with Gasteiger partial charge in [-0.1, -0.05) is 12.1 Å². The van der Waals surface area contributed by atoms with Crippen molar-refractivity contribution in [2.24, 2.45) is 0 Å². The van der Waals surface area contributed by atoms with Crippen LogP contribution in [0.2, 0.25) is 0 Å². The smallest absolute Gasteiger partial charge is 0.270 e. The van der Waals surface area contributed by atoms with Crippen molar-refractivity contribution < 1.29 is 14.6 Å². The summed E-state index contributed by atoms with van der Waals surface area (Å²) in [6, 6.07) is 8.49. The fourth-order valence-electron chi connectivity index (χ4n) is 2.06. The van der Waals surface area contributed by atoms with Gasteiger partial charge in [0.15, 0.2) is 0 Å². The number of methoxy groups -OCH3 is 1. The maximum Gasteiger partial charge on any atom is 0.270 e. The Morgan fingerprint density at radius 2 is 2.00 bits per heavy atom. The van der Waals surface area contributed by atoms with Gasteiger partial charge >= 0.3 is 0 Å². The maximum atomic E-state index is 12.2. The molecule has 3 N–H and O–H groups in total. The molecule has 0 saturated carbocycles. The molecule has 0 aliphatic rings. The van der Waals surface area contributed by atoms with Gasteiger partial charge < -0.3 is 20.1 Å². The molecule has 0 saturated heterocycles. The van der Waals surface area contributed by atoms with Crippen LogP contribution >= 0.6 is 0 Å². The molecule has 1 amide bonds. The Morgan fingerprint density at radius 1 is 1.33 bits per heavy atom. The zero-order valence-electron chi connectivity index (χ0n) is 13.9. The van der Waals surface area contributed by atoms with Crippen LogP contribution in [0.25, 0.3) is 0 Å². The Kier molecular flexibility index (Phi) is 5.35. The molecule has 0 aliphatic heterocycles. The summed E-state index contributed by atoms with van der Waals surface area (Å²) < 4.78 is 5.10. The van der Waals surface area contributed by atoms with Gasteiger partial charge in [-0.3, -0.25) is 9.59 Å². The number of hydrogen-bond acceptors (Lipinski definition) is 5. The number of aliphatic hydroxyl groups is 1. The zero-order valence-corrected chi connectivity index (χ0v) is 13.9. The number of amides is 1. The van der Waals surface area contributed by atoms with E-state index in [1.165, 1.54) is 0 Å². The SMILES string of the molecule is COc1ccc(Cc2nc(C(=O)NC(C)(C)CO)cc(=O)[nH]2)cc1.